The third-order valence-corrected chi connectivity index (χ3v) is 17.1. The summed E-state index contributed by atoms with van der Waals surface area (Å²) in [5.74, 6) is 1.18. The minimum absolute atomic E-state index is 0.0214. The molecule has 0 saturated heterocycles. The van der Waals surface area contributed by atoms with E-state index in [0.29, 0.717) is 22.5 Å². The number of nitrogens with zero attached hydrogens (tertiary/aromatic N) is 1. The molecule has 328 valence electrons. The first-order valence-corrected chi connectivity index (χ1v) is 24.8. The van der Waals surface area contributed by atoms with E-state index in [-0.39, 0.29) is 60.5 Å². The van der Waals surface area contributed by atoms with Gasteiger partial charge in [0, 0.05) is 56.1 Å². The van der Waals surface area contributed by atoms with Crippen LogP contribution in [0.25, 0.3) is 43.8 Å². The topological polar surface area (TPSA) is 25.6 Å². The summed E-state index contributed by atoms with van der Waals surface area (Å²) in [6.07, 6.45) is 7.02. The third-order valence-electron chi connectivity index (χ3n) is 17.1. The van der Waals surface area contributed by atoms with E-state index in [0.717, 1.165) is 72.1 Å². The van der Waals surface area contributed by atoms with Gasteiger partial charge in [0.1, 0.15) is 101 Å². The molecule has 20 radical (unpaired) electrons. The predicted molar refractivity (Wildman–Crippen MR) is 317 cm³/mol. The van der Waals surface area contributed by atoms with Crippen LogP contribution in [0.5, 0.6) is 5.75 Å². The zero-order chi connectivity index (χ0) is 51.7. The molecule has 0 spiro atoms. The lowest BCUT2D eigenvalue weighted by Crippen LogP contribution is -2.59. The van der Waals surface area contributed by atoms with E-state index in [2.05, 4.69) is 94.5 Å². The minimum Gasteiger partial charge on any atom is -0.460 e. The first-order chi connectivity index (χ1) is 35.4. The minimum atomic E-state index is -0.795. The van der Waals surface area contributed by atoms with Crippen molar-refractivity contribution in [1.29, 1.82) is 0 Å². The van der Waals surface area contributed by atoms with Crippen molar-refractivity contribution in [2.24, 2.45) is 11.3 Å². The molecule has 9 aromatic rings. The average Bonchev–Trinajstić information content (AvgIpc) is 4.05. The zero-order valence-corrected chi connectivity index (χ0v) is 41.5. The fourth-order valence-electron chi connectivity index (χ4n) is 13.5. The molecule has 2 heterocycles. The van der Waals surface area contributed by atoms with E-state index in [9.17, 15) is 0 Å². The summed E-state index contributed by atoms with van der Waals surface area (Å²) >= 11 is 0. The van der Waals surface area contributed by atoms with E-state index in [1.807, 2.05) is 77.7 Å². The van der Waals surface area contributed by atoms with Crippen molar-refractivity contribution in [3.8, 4) is 16.9 Å². The maximum absolute atomic E-state index is 7.21. The van der Waals surface area contributed by atoms with Crippen LogP contribution in [-0.2, 0) is 10.8 Å². The highest BCUT2D eigenvalue weighted by molar-refractivity contribution is 6.69. The summed E-state index contributed by atoms with van der Waals surface area (Å²) in [5, 5.41) is 3.79. The molecule has 8 aromatic carbocycles. The number of ether oxygens (including phenoxy) is 1. The molecule has 13 rings (SSSR count). The molecule has 0 fully saturated rings. The number of hydrogen-bond donors (Lipinski definition) is 0. The van der Waals surface area contributed by atoms with Gasteiger partial charge < -0.3 is 14.1 Å². The van der Waals surface area contributed by atoms with Gasteiger partial charge in [0.15, 0.2) is 0 Å². The first kappa shape index (κ1) is 47.0. The Kier molecular flexibility index (Phi) is 10.3. The molecule has 1 aromatic heterocycles. The molecule has 0 N–H and O–H groups in total. The Hall–Kier alpha value is -6.71. The largest absolute Gasteiger partial charge is 0.460 e. The zero-order valence-electron chi connectivity index (χ0n) is 41.5. The second-order valence-electron chi connectivity index (χ2n) is 21.1. The Morgan fingerprint density at radius 3 is 1.88 bits per heavy atom. The van der Waals surface area contributed by atoms with Gasteiger partial charge in [-0.25, -0.2) is 0 Å². The molecule has 0 amide bonds. The van der Waals surface area contributed by atoms with Crippen LogP contribution in [0.1, 0.15) is 55.9 Å². The van der Waals surface area contributed by atoms with Crippen LogP contribution in [-0.4, -0.2) is 78.5 Å². The van der Waals surface area contributed by atoms with Crippen molar-refractivity contribution >= 4 is 183 Å². The van der Waals surface area contributed by atoms with Gasteiger partial charge in [-0.1, -0.05) is 115 Å². The number of hydrogen-bond acceptors (Lipinski definition) is 3. The van der Waals surface area contributed by atoms with Crippen LogP contribution >= 0.6 is 0 Å². The number of fused-ring (bicyclic) bond motifs is 10. The van der Waals surface area contributed by atoms with E-state index in [4.69, 9.17) is 87.6 Å². The summed E-state index contributed by atoms with van der Waals surface area (Å²) in [6, 6.07) is 41.5. The molecule has 1 aliphatic heterocycles. The summed E-state index contributed by atoms with van der Waals surface area (Å²) in [5.41, 5.74) is 11.0. The lowest BCUT2D eigenvalue weighted by molar-refractivity contribution is 0.291. The molecule has 5 unspecified atom stereocenters. The number of anilines is 3. The highest BCUT2D eigenvalue weighted by Gasteiger charge is 2.62. The number of rotatable bonds is 5. The average molecular weight is 924 g/mol. The molecule has 4 aliphatic rings. The normalized spacial score (nSPS) is 22.3. The quantitative estimate of drug-likeness (QED) is 0.193. The van der Waals surface area contributed by atoms with Gasteiger partial charge in [0.25, 0.3) is 0 Å². The van der Waals surface area contributed by atoms with Crippen molar-refractivity contribution in [2.75, 3.05) is 4.90 Å². The standard InChI is InChI=1S/C61H37B10NO2/c1-28-20-21-59(2)38-24-31-25-39(72(57-55(70)53(68)52(67)54(69)56(57)71)32-18-19-34-33-14-8-10-16-40(33)73-42(34)26-32)35(29-12-6-5-7-13-29)22-30(31)23-36(38)46(44-47(62)49(64)51(66)50(65)48(44)63)60(3)27-43-61(4,45(28)58(59)60)37-15-9-11-17-41(37)74-43/h5-28,46H,1-4H3. The van der Waals surface area contributed by atoms with Crippen LogP contribution in [0, 0.1) is 11.3 Å². The van der Waals surface area contributed by atoms with E-state index in [1.165, 1.54) is 11.1 Å². The van der Waals surface area contributed by atoms with Crippen molar-refractivity contribution < 1.29 is 9.15 Å². The van der Waals surface area contributed by atoms with Crippen LogP contribution in [0.2, 0.25) is 0 Å². The maximum atomic E-state index is 7.21. The van der Waals surface area contributed by atoms with Gasteiger partial charge in [-0.05, 0) is 107 Å². The molecule has 0 bridgehead atoms. The van der Waals surface area contributed by atoms with Crippen molar-refractivity contribution in [2.45, 2.75) is 44.4 Å². The monoisotopic (exact) mass is 925 g/mol. The second-order valence-corrected chi connectivity index (χ2v) is 21.1. The molecular formula is C61H37B10NO2. The molecule has 74 heavy (non-hydrogen) atoms. The van der Waals surface area contributed by atoms with Crippen LogP contribution in [0.3, 0.4) is 0 Å². The molecular weight excluding hydrogens is 887 g/mol. The van der Waals surface area contributed by atoms with Gasteiger partial charge in [0.05, 0.1) is 11.1 Å². The Morgan fingerprint density at radius 1 is 0.554 bits per heavy atom. The van der Waals surface area contributed by atoms with Gasteiger partial charge in [-0.3, -0.25) is 0 Å². The molecule has 3 nitrogen and oxygen atoms in total. The van der Waals surface area contributed by atoms with Crippen molar-refractivity contribution in [3.05, 3.63) is 179 Å². The number of para-hydroxylation sites is 2. The lowest BCUT2D eigenvalue weighted by Gasteiger charge is -2.58. The number of furan rings is 1. The second kappa shape index (κ2) is 16.1. The Bertz CT molecular complexity index is 4050. The maximum Gasteiger partial charge on any atom is 0.137 e. The fraction of sp³-hybridized carbons (Fsp3) is 0.148. The summed E-state index contributed by atoms with van der Waals surface area (Å²) in [6.45, 7) is 9.16. The van der Waals surface area contributed by atoms with E-state index < -0.39 is 22.2 Å². The summed E-state index contributed by atoms with van der Waals surface area (Å²) in [4.78, 5) is 2.02. The SMILES string of the molecule is [B]c1c([B])c([B])c(C2c3cc4cc(-c5ccccc5)c(N(c5ccc6c(c5)oc5ccccc56)c5c([B])c([B])c([B])c([B])c5[B])cc4cc3C3(C)C=CC(C)C4=C3C2(C)C=C2Oc3ccccc3C24C)c([B])c1[B]. The van der Waals surface area contributed by atoms with Gasteiger partial charge in [-0.2, -0.15) is 0 Å². The highest BCUT2D eigenvalue weighted by Crippen LogP contribution is 2.69. The summed E-state index contributed by atoms with van der Waals surface area (Å²) in [7, 11) is 68.7. The number of benzene rings is 8. The van der Waals surface area contributed by atoms with Crippen molar-refractivity contribution in [1.82, 2.24) is 0 Å². The van der Waals surface area contributed by atoms with Gasteiger partial charge in [-0.15, -0.1) is 43.7 Å². The molecule has 0 saturated carbocycles. The summed E-state index contributed by atoms with van der Waals surface area (Å²) < 4.78 is 13.5. The fourth-order valence-corrected chi connectivity index (χ4v) is 13.5. The lowest BCUT2D eigenvalue weighted by atomic mass is 9.43. The smallest absolute Gasteiger partial charge is 0.137 e. The van der Waals surface area contributed by atoms with E-state index in [1.54, 1.807) is 0 Å². The Morgan fingerprint density at radius 2 is 1.16 bits per heavy atom. The van der Waals surface area contributed by atoms with E-state index >= 15 is 0 Å². The highest BCUT2D eigenvalue weighted by atomic mass is 16.5. The predicted octanol–water partition coefficient (Wildman–Crippen LogP) is 3.97. The first-order valence-electron chi connectivity index (χ1n) is 24.8. The number of allylic oxidation sites excluding steroid dienone is 5. The van der Waals surface area contributed by atoms with Crippen LogP contribution < -0.4 is 64.3 Å². The molecule has 13 heteroatoms. The Balaban J connectivity index is 1.16. The van der Waals surface area contributed by atoms with Crippen LogP contribution in [0.4, 0.5) is 17.1 Å². The third kappa shape index (κ3) is 6.16. The van der Waals surface area contributed by atoms with Gasteiger partial charge >= 0.3 is 0 Å². The van der Waals surface area contributed by atoms with Gasteiger partial charge in [0.2, 0.25) is 0 Å². The Labute approximate surface area is 445 Å². The van der Waals surface area contributed by atoms with Crippen LogP contribution in [0.15, 0.2) is 161 Å². The van der Waals surface area contributed by atoms with Crippen molar-refractivity contribution in [3.63, 3.8) is 0 Å². The molecule has 3 aliphatic carbocycles. The molecule has 5 atom stereocenters.